The number of rotatable bonds is 5. The summed E-state index contributed by atoms with van der Waals surface area (Å²) in [7, 11) is -3.32. The molecule has 2 aromatic rings. The molecule has 0 aliphatic rings. The van der Waals surface area contributed by atoms with Gasteiger partial charge in [-0.2, -0.15) is 0 Å². The zero-order valence-electron chi connectivity index (χ0n) is 14.1. The minimum atomic E-state index is -3.32. The summed E-state index contributed by atoms with van der Waals surface area (Å²) in [5.41, 5.74) is 7.56. The highest BCUT2D eigenvalue weighted by atomic mass is 32.2. The fraction of sp³-hybridized carbons (Fsp3) is 0.278. The summed E-state index contributed by atoms with van der Waals surface area (Å²) in [5.74, 6) is 0.281. The molecule has 0 unspecified atom stereocenters. The molecule has 0 aliphatic heterocycles. The normalized spacial score (nSPS) is 11.5. The van der Waals surface area contributed by atoms with Gasteiger partial charge in [0.15, 0.2) is 9.84 Å². The number of nitrogens with two attached hydrogens (primary N) is 1. The summed E-state index contributed by atoms with van der Waals surface area (Å²) in [5, 5.41) is 0. The second-order valence-corrected chi connectivity index (χ2v) is 8.14. The van der Waals surface area contributed by atoms with Crippen LogP contribution in [0.15, 0.2) is 53.4 Å². The van der Waals surface area contributed by atoms with Crippen LogP contribution in [0.5, 0.6) is 0 Å². The summed E-state index contributed by atoms with van der Waals surface area (Å²) in [6.07, 6.45) is 1.19. The second kappa shape index (κ2) is 7.05. The molecule has 0 atom stereocenters. The molecule has 128 valence electrons. The lowest BCUT2D eigenvalue weighted by Gasteiger charge is -2.22. The van der Waals surface area contributed by atoms with E-state index in [1.807, 2.05) is 13.8 Å². The van der Waals surface area contributed by atoms with Crippen molar-refractivity contribution in [2.45, 2.75) is 18.7 Å². The van der Waals surface area contributed by atoms with Crippen molar-refractivity contribution in [2.24, 2.45) is 11.7 Å². The molecule has 0 aromatic heterocycles. The van der Waals surface area contributed by atoms with Crippen molar-refractivity contribution in [1.82, 2.24) is 0 Å². The average molecular weight is 346 g/mol. The van der Waals surface area contributed by atoms with Crippen LogP contribution in [0.1, 0.15) is 13.8 Å². The topological polar surface area (TPSA) is 80.5 Å². The van der Waals surface area contributed by atoms with E-state index in [1.165, 1.54) is 11.2 Å². The zero-order chi connectivity index (χ0) is 17.9. The quantitative estimate of drug-likeness (QED) is 0.902. The van der Waals surface area contributed by atoms with Crippen molar-refractivity contribution in [3.8, 4) is 11.1 Å². The Morgan fingerprint density at radius 1 is 1.08 bits per heavy atom. The van der Waals surface area contributed by atoms with Crippen molar-refractivity contribution >= 4 is 21.6 Å². The number of hydrogen-bond acceptors (Lipinski definition) is 3. The number of carbonyl (C=O) groups is 1. The number of carbonyl (C=O) groups excluding carboxylic acids is 1. The Balaban J connectivity index is 2.42. The number of amides is 2. The maximum absolute atomic E-state index is 11.9. The monoisotopic (exact) mass is 346 g/mol. The third kappa shape index (κ3) is 4.14. The van der Waals surface area contributed by atoms with Gasteiger partial charge in [-0.15, -0.1) is 0 Å². The van der Waals surface area contributed by atoms with Gasteiger partial charge in [-0.25, -0.2) is 13.2 Å². The van der Waals surface area contributed by atoms with Crippen LogP contribution in [-0.4, -0.2) is 27.2 Å². The Morgan fingerprint density at radius 3 is 2.17 bits per heavy atom. The molecular formula is C18H22N2O3S. The predicted octanol–water partition coefficient (Wildman–Crippen LogP) is 3.30. The van der Waals surface area contributed by atoms with Crippen LogP contribution in [0.2, 0.25) is 0 Å². The predicted molar refractivity (Wildman–Crippen MR) is 96.8 cm³/mol. The number of hydrogen-bond donors (Lipinski definition) is 1. The van der Waals surface area contributed by atoms with Crippen LogP contribution in [-0.2, 0) is 9.84 Å². The van der Waals surface area contributed by atoms with Crippen LogP contribution >= 0.6 is 0 Å². The molecule has 0 saturated carbocycles. The van der Waals surface area contributed by atoms with Gasteiger partial charge in [0, 0.05) is 24.1 Å². The van der Waals surface area contributed by atoms with Gasteiger partial charge < -0.3 is 5.73 Å². The third-order valence-electron chi connectivity index (χ3n) is 3.59. The minimum absolute atomic E-state index is 0.281. The number of nitrogens with zero attached hydrogens (tertiary/aromatic N) is 1. The Morgan fingerprint density at radius 2 is 1.67 bits per heavy atom. The number of primary amides is 1. The molecule has 5 nitrogen and oxygen atoms in total. The number of urea groups is 1. The van der Waals surface area contributed by atoms with E-state index in [0.717, 1.165) is 5.56 Å². The van der Waals surface area contributed by atoms with Crippen molar-refractivity contribution in [2.75, 3.05) is 17.7 Å². The van der Waals surface area contributed by atoms with Crippen LogP contribution in [0.25, 0.3) is 11.1 Å². The van der Waals surface area contributed by atoms with E-state index in [2.05, 4.69) is 0 Å². The standard InChI is InChI=1S/C18H22N2O3S/c1-13(2)12-20(18(19)21)15-10-8-14(9-11-15)16-6-4-5-7-17(16)24(3,22)23/h4-11,13H,12H2,1-3H3,(H2,19,21). The first-order valence-corrected chi connectivity index (χ1v) is 9.56. The molecule has 2 N–H and O–H groups in total. The van der Waals surface area contributed by atoms with Crippen LogP contribution in [0.4, 0.5) is 10.5 Å². The highest BCUT2D eigenvalue weighted by Crippen LogP contribution is 2.29. The third-order valence-corrected chi connectivity index (χ3v) is 4.75. The summed E-state index contributed by atoms with van der Waals surface area (Å²) < 4.78 is 23.9. The molecule has 0 bridgehead atoms. The average Bonchev–Trinajstić information content (AvgIpc) is 2.51. The Labute approximate surface area is 143 Å². The SMILES string of the molecule is CC(C)CN(C(N)=O)c1ccc(-c2ccccc2S(C)(=O)=O)cc1. The van der Waals surface area contributed by atoms with E-state index in [1.54, 1.807) is 48.5 Å². The van der Waals surface area contributed by atoms with E-state index in [9.17, 15) is 13.2 Å². The first-order valence-electron chi connectivity index (χ1n) is 7.66. The van der Waals surface area contributed by atoms with Crippen molar-refractivity contribution in [1.29, 1.82) is 0 Å². The van der Waals surface area contributed by atoms with Crippen molar-refractivity contribution < 1.29 is 13.2 Å². The number of benzene rings is 2. The summed E-state index contributed by atoms with van der Waals surface area (Å²) in [4.78, 5) is 13.4. The van der Waals surface area contributed by atoms with Crippen molar-refractivity contribution in [3.63, 3.8) is 0 Å². The van der Waals surface area contributed by atoms with E-state index >= 15 is 0 Å². The lowest BCUT2D eigenvalue weighted by atomic mass is 10.0. The van der Waals surface area contributed by atoms with Crippen molar-refractivity contribution in [3.05, 3.63) is 48.5 Å². The zero-order valence-corrected chi connectivity index (χ0v) is 14.9. The summed E-state index contributed by atoms with van der Waals surface area (Å²) in [6.45, 7) is 4.54. The molecule has 24 heavy (non-hydrogen) atoms. The fourth-order valence-electron chi connectivity index (χ4n) is 2.54. The maximum atomic E-state index is 11.9. The van der Waals surface area contributed by atoms with Gasteiger partial charge in [-0.3, -0.25) is 4.90 Å². The number of anilines is 1. The van der Waals surface area contributed by atoms with Crippen LogP contribution in [0.3, 0.4) is 0 Å². The minimum Gasteiger partial charge on any atom is -0.351 e. The lowest BCUT2D eigenvalue weighted by Crippen LogP contribution is -2.38. The van der Waals surface area contributed by atoms with E-state index in [0.29, 0.717) is 17.8 Å². The lowest BCUT2D eigenvalue weighted by molar-refractivity contribution is 0.253. The molecule has 2 aromatic carbocycles. The molecule has 0 aliphatic carbocycles. The van der Waals surface area contributed by atoms with E-state index in [4.69, 9.17) is 5.73 Å². The smallest absolute Gasteiger partial charge is 0.319 e. The van der Waals surface area contributed by atoms with E-state index in [-0.39, 0.29) is 10.8 Å². The van der Waals surface area contributed by atoms with Crippen LogP contribution in [0, 0.1) is 5.92 Å². The van der Waals surface area contributed by atoms with Gasteiger partial charge in [0.05, 0.1) is 4.90 Å². The Hall–Kier alpha value is -2.34. The molecule has 0 spiro atoms. The molecule has 0 heterocycles. The molecule has 2 rings (SSSR count). The highest BCUT2D eigenvalue weighted by Gasteiger charge is 2.16. The van der Waals surface area contributed by atoms with Gasteiger partial charge in [0.1, 0.15) is 0 Å². The largest absolute Gasteiger partial charge is 0.351 e. The highest BCUT2D eigenvalue weighted by molar-refractivity contribution is 7.90. The molecular weight excluding hydrogens is 324 g/mol. The van der Waals surface area contributed by atoms with Gasteiger partial charge in [-0.1, -0.05) is 44.2 Å². The summed E-state index contributed by atoms with van der Waals surface area (Å²) in [6, 6.07) is 13.5. The van der Waals surface area contributed by atoms with Gasteiger partial charge >= 0.3 is 6.03 Å². The molecule has 0 fully saturated rings. The Bertz CT molecular complexity index is 828. The molecule has 0 radical (unpaired) electrons. The van der Waals surface area contributed by atoms with Crippen LogP contribution < -0.4 is 10.6 Å². The Kier molecular flexibility index (Phi) is 5.29. The first kappa shape index (κ1) is 18.0. The first-order chi connectivity index (χ1) is 11.2. The van der Waals surface area contributed by atoms with Gasteiger partial charge in [-0.05, 0) is 29.7 Å². The maximum Gasteiger partial charge on any atom is 0.319 e. The molecule has 6 heteroatoms. The molecule has 0 saturated heterocycles. The fourth-order valence-corrected chi connectivity index (χ4v) is 3.45. The van der Waals surface area contributed by atoms with Gasteiger partial charge in [0.25, 0.3) is 0 Å². The summed E-state index contributed by atoms with van der Waals surface area (Å²) >= 11 is 0. The van der Waals surface area contributed by atoms with E-state index < -0.39 is 15.9 Å². The van der Waals surface area contributed by atoms with Gasteiger partial charge in [0.2, 0.25) is 0 Å². The molecule has 2 amide bonds. The number of sulfone groups is 1. The second-order valence-electron chi connectivity index (χ2n) is 6.16.